The first-order valence-corrected chi connectivity index (χ1v) is 39.5. The van der Waals surface area contributed by atoms with Gasteiger partial charge in [0.25, 0.3) is 17.7 Å². The molecule has 27 nitrogen and oxygen atoms in total. The molecule has 576 valence electrons. The first-order chi connectivity index (χ1) is 53.9. The van der Waals surface area contributed by atoms with E-state index in [0.29, 0.717) is 75.2 Å². The molecule has 4 bridgehead atoms. The molecule has 9 heterocycles. The van der Waals surface area contributed by atoms with Crippen LogP contribution in [-0.2, 0) is 19.4 Å². The Bertz CT molecular complexity index is 5320. The topological polar surface area (TPSA) is 300 Å². The van der Waals surface area contributed by atoms with Crippen molar-refractivity contribution in [2.24, 2.45) is 29.4 Å². The third kappa shape index (κ3) is 15.9. The van der Waals surface area contributed by atoms with Gasteiger partial charge in [0, 0.05) is 182 Å². The molecule has 111 heavy (non-hydrogen) atoms. The number of benzene rings is 4. The fourth-order valence-corrected chi connectivity index (χ4v) is 17.9. The number of hydrogen-bond acceptors (Lipinski definition) is 21. The molecule has 8 aliphatic rings. The summed E-state index contributed by atoms with van der Waals surface area (Å²) >= 11 is 0. The molecule has 6 aromatic heterocycles. The summed E-state index contributed by atoms with van der Waals surface area (Å²) < 4.78 is 5.93. The Kier molecular flexibility index (Phi) is 21.5. The number of nitrogens with one attached hydrogen (secondary N) is 5. The summed E-state index contributed by atoms with van der Waals surface area (Å²) in [6, 6.07) is 31.7. The molecule has 7 N–H and O–H groups in total. The molecule has 7 fully saturated rings. The minimum absolute atomic E-state index is 0.00378. The third-order valence-corrected chi connectivity index (χ3v) is 24.3. The van der Waals surface area contributed by atoms with Crippen molar-refractivity contribution in [3.63, 3.8) is 0 Å². The van der Waals surface area contributed by atoms with E-state index in [0.717, 1.165) is 146 Å². The molecule has 0 spiro atoms. The standard InChI is InChI=1S/C31H35N7O2.C27H33N7O2.C26H31N7O2/c1-3-32-30(40)27-20-38(25-12-9-22-5-4-6-23(22)17-25)29-26(28(27)39)18-33-31(35-29)34-24-10-7-21(8-11-24)19-37-15-13-36(2)14-16-37;1-28-26(36)22-16-34(23-14-17-3-4-18(23)13-17)25-21(24(22)35)15-29-27(31-25)30-19-5-7-20(8-6-19)33-11-9-32(2)10-12-33;1-31-8-10-32(11-9-31)19-6-4-18(5-7-19)29-26-28-14-20-23(34)21(24(27)35)15-33(25(20)30-26)22-13-16-2-3-17(22)12-16/h7-12,17-18,20H,3-6,13-16,19H2,1-2H3,(H,32,40)(H,33,34,35);5-8,15-18,23H,3-4,9-14H2,1-2H3,(H,28,36)(H,29,30,31);4-7,14-17,22H,2-3,8-13H2,1H3,(H2,27,35)(H,28,29,30). The van der Waals surface area contributed by atoms with E-state index in [4.69, 9.17) is 20.7 Å². The Labute approximate surface area is 644 Å². The molecule has 5 aliphatic carbocycles. The number of likely N-dealkylation sites (N-methyl/N-ethyl adjacent to an activating group) is 3. The Hall–Kier alpha value is -11.0. The number of aromatic nitrogens is 9. The smallest absolute Gasteiger partial charge is 0.256 e. The number of anilines is 8. The lowest BCUT2D eigenvalue weighted by atomic mass is 9.94. The number of carbonyl (C=O) groups excluding carboxylic acids is 3. The zero-order valence-electron chi connectivity index (χ0n) is 64.0. The van der Waals surface area contributed by atoms with Gasteiger partial charge in [-0.3, -0.25) is 33.7 Å². The summed E-state index contributed by atoms with van der Waals surface area (Å²) in [5.74, 6) is 2.30. The lowest BCUT2D eigenvalue weighted by Crippen LogP contribution is -2.44. The Balaban J connectivity index is 0.000000127. The lowest BCUT2D eigenvalue weighted by molar-refractivity contribution is 0.0948. The first kappa shape index (κ1) is 74.1. The number of fused-ring (bicyclic) bond motifs is 8. The molecule has 27 heteroatoms. The molecule has 3 saturated heterocycles. The predicted octanol–water partition coefficient (Wildman–Crippen LogP) is 9.26. The minimum atomic E-state index is -0.712. The van der Waals surface area contributed by atoms with Crippen LogP contribution in [0, 0.1) is 23.7 Å². The fraction of sp³-hybridized carbons (Fsp3) is 0.429. The van der Waals surface area contributed by atoms with E-state index in [2.05, 4.69) is 145 Å². The summed E-state index contributed by atoms with van der Waals surface area (Å²) in [4.78, 5) is 119. The van der Waals surface area contributed by atoms with Gasteiger partial charge in [0.15, 0.2) is 5.65 Å². The van der Waals surface area contributed by atoms with Crippen molar-refractivity contribution in [3.8, 4) is 5.69 Å². The molecular weight excluding hydrogens is 1400 g/mol. The second-order valence-corrected chi connectivity index (χ2v) is 31.5. The number of hydrogen-bond donors (Lipinski definition) is 6. The van der Waals surface area contributed by atoms with Crippen LogP contribution in [0.3, 0.4) is 0 Å². The molecule has 4 aromatic carbocycles. The quantitative estimate of drug-likeness (QED) is 0.0495. The number of aryl methyl sites for hydroxylation is 2. The van der Waals surface area contributed by atoms with Crippen LogP contribution in [0.2, 0.25) is 0 Å². The van der Waals surface area contributed by atoms with Gasteiger partial charge in [-0.15, -0.1) is 0 Å². The van der Waals surface area contributed by atoms with Crippen molar-refractivity contribution in [1.29, 1.82) is 0 Å². The molecule has 4 saturated carbocycles. The molecule has 6 unspecified atom stereocenters. The highest BCUT2D eigenvalue weighted by atomic mass is 16.2. The number of amides is 3. The van der Waals surface area contributed by atoms with Crippen molar-refractivity contribution in [1.82, 2.24) is 73.8 Å². The van der Waals surface area contributed by atoms with Crippen LogP contribution >= 0.6 is 0 Å². The zero-order chi connectivity index (χ0) is 76.6. The van der Waals surface area contributed by atoms with Crippen LogP contribution in [-0.4, -0.2) is 194 Å². The Morgan fingerprint density at radius 2 is 0.910 bits per heavy atom. The van der Waals surface area contributed by atoms with Crippen molar-refractivity contribution in [2.75, 3.05) is 139 Å². The van der Waals surface area contributed by atoms with Crippen molar-refractivity contribution >= 4 is 97.1 Å². The van der Waals surface area contributed by atoms with Gasteiger partial charge >= 0.3 is 0 Å². The summed E-state index contributed by atoms with van der Waals surface area (Å²) in [6.45, 7) is 15.9. The van der Waals surface area contributed by atoms with Crippen LogP contribution in [0.25, 0.3) is 38.8 Å². The molecule has 3 amide bonds. The van der Waals surface area contributed by atoms with Crippen molar-refractivity contribution in [2.45, 2.75) is 96.2 Å². The van der Waals surface area contributed by atoms with E-state index in [9.17, 15) is 28.8 Å². The largest absolute Gasteiger partial charge is 0.369 e. The van der Waals surface area contributed by atoms with Gasteiger partial charge in [-0.05, 0) is 199 Å². The van der Waals surface area contributed by atoms with Crippen LogP contribution in [0.5, 0.6) is 0 Å². The summed E-state index contributed by atoms with van der Waals surface area (Å²) in [6.07, 6.45) is 22.2. The van der Waals surface area contributed by atoms with Gasteiger partial charge in [-0.25, -0.2) is 15.0 Å². The average molecular weight is 1500 g/mol. The van der Waals surface area contributed by atoms with Crippen LogP contribution in [0.4, 0.5) is 46.3 Å². The maximum absolute atomic E-state index is 13.3. The average Bonchev–Trinajstić information content (AvgIpc) is 1.75. The predicted molar refractivity (Wildman–Crippen MR) is 435 cm³/mol. The van der Waals surface area contributed by atoms with Crippen LogP contribution in [0.15, 0.2) is 143 Å². The molecule has 18 rings (SSSR count). The lowest BCUT2D eigenvalue weighted by Gasteiger charge is -2.34. The van der Waals surface area contributed by atoms with Crippen molar-refractivity contribution < 1.29 is 14.4 Å². The second kappa shape index (κ2) is 32.1. The molecular formula is C84H99N21O6. The van der Waals surface area contributed by atoms with E-state index < -0.39 is 17.2 Å². The highest BCUT2D eigenvalue weighted by molar-refractivity contribution is 5.98. The maximum atomic E-state index is 13.3. The molecule has 10 aromatic rings. The van der Waals surface area contributed by atoms with Crippen LogP contribution in [0.1, 0.15) is 125 Å². The summed E-state index contributed by atoms with van der Waals surface area (Å²) in [5.41, 5.74) is 16.1. The number of nitrogens with zero attached hydrogens (tertiary/aromatic N) is 15. The SMILES string of the molecule is CCNC(=O)c1cn(-c2ccc3c(c2)CCC3)c2nc(Nc3ccc(CN4CCN(C)CC4)cc3)ncc2c1=O.CN1CCN(c2ccc(Nc3ncc4c(=O)c(C(N)=O)cn(C5CC6CCC5C6)c4n3)cc2)CC1.CNC(=O)c1cn(C2CC3CCC2C3)c2nc(Nc3ccc(N4CCN(C)CC4)cc3)ncc2c1=O. The van der Waals surface area contributed by atoms with Gasteiger partial charge in [0.2, 0.25) is 34.1 Å². The van der Waals surface area contributed by atoms with E-state index in [1.807, 2.05) is 58.5 Å². The molecule has 6 atom stereocenters. The second-order valence-electron chi connectivity index (χ2n) is 31.5. The van der Waals surface area contributed by atoms with E-state index in [-0.39, 0.29) is 45.5 Å². The van der Waals surface area contributed by atoms with Crippen LogP contribution < -0.4 is 58.4 Å². The number of primary amides is 1. The third-order valence-electron chi connectivity index (χ3n) is 24.3. The highest BCUT2D eigenvalue weighted by Crippen LogP contribution is 2.52. The van der Waals surface area contributed by atoms with Gasteiger partial charge in [0.1, 0.15) is 28.0 Å². The highest BCUT2D eigenvalue weighted by Gasteiger charge is 2.43. The Morgan fingerprint density at radius 1 is 0.477 bits per heavy atom. The van der Waals surface area contributed by atoms with Crippen molar-refractivity contribution in [3.05, 3.63) is 192 Å². The monoisotopic (exact) mass is 1500 g/mol. The zero-order valence-corrected chi connectivity index (χ0v) is 64.0. The van der Waals surface area contributed by atoms with Gasteiger partial charge < -0.3 is 70.5 Å². The summed E-state index contributed by atoms with van der Waals surface area (Å²) in [7, 11) is 8.02. The maximum Gasteiger partial charge on any atom is 0.256 e. The van der Waals surface area contributed by atoms with E-state index in [1.165, 1.54) is 79.0 Å². The first-order valence-electron chi connectivity index (χ1n) is 39.5. The number of carbonyl (C=O) groups is 3. The number of piperazine rings is 3. The number of pyridine rings is 3. The van der Waals surface area contributed by atoms with E-state index >= 15 is 0 Å². The normalized spacial score (nSPS) is 21.1. The minimum Gasteiger partial charge on any atom is -0.369 e. The number of rotatable bonds is 17. The Morgan fingerprint density at radius 3 is 1.37 bits per heavy atom. The summed E-state index contributed by atoms with van der Waals surface area (Å²) in [5, 5.41) is 16.3. The number of nitrogens with two attached hydrogens (primary N) is 1. The van der Waals surface area contributed by atoms with Gasteiger partial charge in [-0.2, -0.15) is 15.0 Å². The molecule has 0 radical (unpaired) electrons. The fourth-order valence-electron chi connectivity index (χ4n) is 17.9. The van der Waals surface area contributed by atoms with E-state index in [1.54, 1.807) is 31.8 Å². The van der Waals surface area contributed by atoms with Gasteiger partial charge in [0.05, 0.1) is 16.2 Å². The van der Waals surface area contributed by atoms with Gasteiger partial charge in [-0.1, -0.05) is 31.0 Å². The molecule has 3 aliphatic heterocycles.